The summed E-state index contributed by atoms with van der Waals surface area (Å²) in [5.74, 6) is 0.596. The third kappa shape index (κ3) is 5.58. The van der Waals surface area contributed by atoms with Crippen LogP contribution < -0.4 is 15.4 Å². The second-order valence-electron chi connectivity index (χ2n) is 11.5. The number of nitrogens with one attached hydrogen (secondary N) is 2. The number of methoxy groups -OCH3 is 1. The van der Waals surface area contributed by atoms with Crippen LogP contribution in [-0.2, 0) is 10.3 Å². The number of ether oxygens (including phenoxy) is 2. The molecule has 0 radical (unpaired) electrons. The number of imidazole rings is 1. The smallest absolute Gasteiger partial charge is 0.256 e. The summed E-state index contributed by atoms with van der Waals surface area (Å²) >= 11 is 0. The normalized spacial score (nSPS) is 19.3. The molecule has 0 aliphatic carbocycles. The Morgan fingerprint density at radius 3 is 2.06 bits per heavy atom. The van der Waals surface area contributed by atoms with Gasteiger partial charge in [-0.15, -0.1) is 0 Å². The van der Waals surface area contributed by atoms with Gasteiger partial charge >= 0.3 is 0 Å². The Balaban J connectivity index is 1.34. The average Bonchev–Trinajstić information content (AvgIpc) is 3.72. The molecule has 6 aromatic rings. The molecule has 4 aromatic carbocycles. The summed E-state index contributed by atoms with van der Waals surface area (Å²) in [5.41, 5.74) is 2.93. The quantitative estimate of drug-likeness (QED) is 0.161. The molecule has 11 nitrogen and oxygen atoms in total. The molecule has 48 heavy (non-hydrogen) atoms. The highest BCUT2D eigenvalue weighted by molar-refractivity contribution is 6.06. The number of fused-ring (bicyclic) bond motifs is 1. The number of aromatic nitrogens is 4. The number of benzene rings is 4. The molecule has 1 amide bonds. The fourth-order valence-electron chi connectivity index (χ4n) is 6.41. The molecular weight excluding hydrogens is 608 g/mol. The van der Waals surface area contributed by atoms with E-state index in [0.717, 1.165) is 16.7 Å². The van der Waals surface area contributed by atoms with E-state index in [2.05, 4.69) is 25.6 Å². The molecule has 1 fully saturated rings. The molecule has 0 bridgehead atoms. The first-order chi connectivity index (χ1) is 23.5. The van der Waals surface area contributed by atoms with Crippen molar-refractivity contribution in [1.82, 2.24) is 24.8 Å². The summed E-state index contributed by atoms with van der Waals surface area (Å²) in [5, 5.41) is 28.7. The first-order valence-corrected chi connectivity index (χ1v) is 15.5. The Kier molecular flexibility index (Phi) is 8.66. The third-order valence-corrected chi connectivity index (χ3v) is 8.77. The molecule has 0 unspecified atom stereocenters. The molecule has 11 heteroatoms. The lowest BCUT2D eigenvalue weighted by Gasteiger charge is -2.41. The van der Waals surface area contributed by atoms with Crippen LogP contribution in [0, 0.1) is 0 Å². The molecule has 1 saturated heterocycles. The van der Waals surface area contributed by atoms with Crippen LogP contribution in [0.1, 0.15) is 33.3 Å². The predicted molar refractivity (Wildman–Crippen MR) is 179 cm³/mol. The van der Waals surface area contributed by atoms with Crippen LogP contribution in [0.3, 0.4) is 0 Å². The number of rotatable bonds is 10. The first-order valence-electron chi connectivity index (χ1n) is 15.5. The fourth-order valence-corrected chi connectivity index (χ4v) is 6.41. The van der Waals surface area contributed by atoms with E-state index in [1.54, 1.807) is 42.3 Å². The second kappa shape index (κ2) is 13.3. The van der Waals surface area contributed by atoms with Gasteiger partial charge in [0, 0.05) is 5.56 Å². The van der Waals surface area contributed by atoms with Crippen LogP contribution in [0.4, 0.5) is 5.82 Å². The fraction of sp³-hybridized carbons (Fsp3) is 0.189. The Hall–Kier alpha value is -5.46. The molecule has 4 atom stereocenters. The van der Waals surface area contributed by atoms with Gasteiger partial charge in [0.1, 0.15) is 24.3 Å². The zero-order valence-corrected chi connectivity index (χ0v) is 26.0. The molecular formula is C37H34N6O5. The lowest BCUT2D eigenvalue weighted by molar-refractivity contribution is -0.0443. The van der Waals surface area contributed by atoms with Gasteiger partial charge in [-0.2, -0.15) is 0 Å². The predicted octanol–water partition coefficient (Wildman–Crippen LogP) is 4.29. The topological polar surface area (TPSA) is 144 Å². The van der Waals surface area contributed by atoms with Crippen LogP contribution in [0.25, 0.3) is 11.2 Å². The van der Waals surface area contributed by atoms with Crippen molar-refractivity contribution in [3.05, 3.63) is 150 Å². The minimum Gasteiger partial charge on any atom is -0.497 e. The number of aliphatic hydroxyl groups excluding tert-OH is 2. The SMILES string of the molecule is COc1ccc(C(N[C@@H]2[C@H](O)[C@@H](CO)O[C@H]2n2cnc3c(NC(=O)c4ccccc4)ncnc32)(c2ccccc2)c2ccccc2)cc1. The third-order valence-electron chi connectivity index (χ3n) is 8.77. The van der Waals surface area contributed by atoms with E-state index in [4.69, 9.17) is 9.47 Å². The Morgan fingerprint density at radius 1 is 0.854 bits per heavy atom. The minimum absolute atomic E-state index is 0.232. The van der Waals surface area contributed by atoms with E-state index in [1.807, 2.05) is 91.0 Å². The van der Waals surface area contributed by atoms with Crippen LogP contribution in [0.5, 0.6) is 5.75 Å². The number of anilines is 1. The summed E-state index contributed by atoms with van der Waals surface area (Å²) < 4.78 is 13.5. The van der Waals surface area contributed by atoms with Gasteiger partial charge in [-0.1, -0.05) is 91.0 Å². The van der Waals surface area contributed by atoms with Gasteiger partial charge in [0.15, 0.2) is 23.2 Å². The molecule has 1 aliphatic rings. The van der Waals surface area contributed by atoms with Gasteiger partial charge in [-0.3, -0.25) is 14.7 Å². The van der Waals surface area contributed by atoms with E-state index in [1.165, 1.54) is 6.33 Å². The Bertz CT molecular complexity index is 1950. The number of hydrogen-bond acceptors (Lipinski definition) is 9. The molecule has 7 rings (SSSR count). The monoisotopic (exact) mass is 642 g/mol. The van der Waals surface area contributed by atoms with Crippen molar-refractivity contribution in [3.8, 4) is 5.75 Å². The van der Waals surface area contributed by atoms with E-state index in [-0.39, 0.29) is 11.7 Å². The maximum Gasteiger partial charge on any atom is 0.256 e. The minimum atomic E-state index is -1.14. The van der Waals surface area contributed by atoms with Gasteiger partial charge in [0.2, 0.25) is 0 Å². The van der Waals surface area contributed by atoms with E-state index >= 15 is 0 Å². The molecule has 0 spiro atoms. The molecule has 0 saturated carbocycles. The summed E-state index contributed by atoms with van der Waals surface area (Å²) in [6.07, 6.45) is -0.0391. The number of carbonyl (C=O) groups is 1. The van der Waals surface area contributed by atoms with Crippen molar-refractivity contribution in [2.45, 2.75) is 30.0 Å². The number of nitrogens with zero attached hydrogens (tertiary/aromatic N) is 4. The Labute approximate surface area is 276 Å². The van der Waals surface area contributed by atoms with Gasteiger partial charge in [-0.05, 0) is 41.0 Å². The van der Waals surface area contributed by atoms with Crippen LogP contribution in [-0.4, -0.2) is 67.6 Å². The molecule has 242 valence electrons. The summed E-state index contributed by atoms with van der Waals surface area (Å²) in [4.78, 5) is 26.4. The van der Waals surface area contributed by atoms with Gasteiger partial charge in [0.25, 0.3) is 5.91 Å². The molecule has 2 aromatic heterocycles. The van der Waals surface area contributed by atoms with Gasteiger partial charge in [-0.25, -0.2) is 15.0 Å². The van der Waals surface area contributed by atoms with Crippen molar-refractivity contribution in [3.63, 3.8) is 0 Å². The van der Waals surface area contributed by atoms with E-state index in [0.29, 0.717) is 22.5 Å². The highest BCUT2D eigenvalue weighted by atomic mass is 16.5. The maximum absolute atomic E-state index is 13.0. The maximum atomic E-state index is 13.0. The van der Waals surface area contributed by atoms with Crippen molar-refractivity contribution in [2.75, 3.05) is 19.0 Å². The second-order valence-corrected chi connectivity index (χ2v) is 11.5. The van der Waals surface area contributed by atoms with E-state index < -0.39 is 36.6 Å². The van der Waals surface area contributed by atoms with Crippen molar-refractivity contribution in [2.24, 2.45) is 0 Å². The zero-order chi connectivity index (χ0) is 33.1. The standard InChI is InChI=1S/C37H34N6O5/c1-47-28-19-17-27(18-20-28)37(25-13-7-3-8-14-25,26-15-9-4-10-16-26)42-30-32(45)29(21-44)48-36(30)43-23-40-31-33(38-22-39-34(31)43)41-35(46)24-11-5-2-6-12-24/h2-20,22-23,29-30,32,36,42,44-45H,21H2,1H3,(H,38,39,41,46)/t29-,30-,32-,36-/m1/s1. The number of aliphatic hydroxyl groups is 2. The van der Waals surface area contributed by atoms with Gasteiger partial charge in [0.05, 0.1) is 31.6 Å². The van der Waals surface area contributed by atoms with Gasteiger partial charge < -0.3 is 25.0 Å². The molecule has 3 heterocycles. The molecule has 1 aliphatic heterocycles. The lowest BCUT2D eigenvalue weighted by atomic mass is 9.76. The largest absolute Gasteiger partial charge is 0.497 e. The van der Waals surface area contributed by atoms with Crippen molar-refractivity contribution < 1.29 is 24.5 Å². The Morgan fingerprint density at radius 2 is 1.46 bits per heavy atom. The molecule has 4 N–H and O–H groups in total. The lowest BCUT2D eigenvalue weighted by Crippen LogP contribution is -2.55. The number of amides is 1. The summed E-state index contributed by atoms with van der Waals surface area (Å²) in [6.45, 7) is -0.415. The van der Waals surface area contributed by atoms with Crippen LogP contribution >= 0.6 is 0 Å². The first kappa shape index (κ1) is 31.2. The van der Waals surface area contributed by atoms with Crippen molar-refractivity contribution >= 4 is 22.9 Å². The highest BCUT2D eigenvalue weighted by Gasteiger charge is 2.50. The van der Waals surface area contributed by atoms with Crippen LogP contribution in [0.15, 0.2) is 128 Å². The summed E-state index contributed by atoms with van der Waals surface area (Å²) in [7, 11) is 1.62. The highest BCUT2D eigenvalue weighted by Crippen LogP contribution is 2.42. The number of hydrogen-bond donors (Lipinski definition) is 4. The van der Waals surface area contributed by atoms with Crippen molar-refractivity contribution in [1.29, 1.82) is 0 Å². The van der Waals surface area contributed by atoms with E-state index in [9.17, 15) is 15.0 Å². The van der Waals surface area contributed by atoms with Crippen LogP contribution in [0.2, 0.25) is 0 Å². The zero-order valence-electron chi connectivity index (χ0n) is 26.0. The average molecular weight is 643 g/mol. The summed E-state index contributed by atoms with van der Waals surface area (Å²) in [6, 6.07) is 35.7. The number of carbonyl (C=O) groups excluding carboxylic acids is 1.